The van der Waals surface area contributed by atoms with Crippen molar-refractivity contribution < 1.29 is 19.2 Å². The first-order valence-corrected chi connectivity index (χ1v) is 8.94. The lowest BCUT2D eigenvalue weighted by atomic mass is 10.0. The van der Waals surface area contributed by atoms with Gasteiger partial charge in [0.1, 0.15) is 6.04 Å². The van der Waals surface area contributed by atoms with Gasteiger partial charge in [-0.2, -0.15) is 0 Å². The van der Waals surface area contributed by atoms with Crippen LogP contribution in [0.1, 0.15) is 28.8 Å². The molecule has 0 spiro atoms. The molecule has 3 heterocycles. The summed E-state index contributed by atoms with van der Waals surface area (Å²) in [5.74, 6) is -0.958. The van der Waals surface area contributed by atoms with Crippen LogP contribution < -0.4 is 10.2 Å². The van der Waals surface area contributed by atoms with Gasteiger partial charge in [0.25, 0.3) is 5.91 Å². The van der Waals surface area contributed by atoms with Gasteiger partial charge < -0.3 is 4.90 Å². The standard InChI is InChI=1S/C16H15IN4O4/c17-21-6-5-19(16(21)25)10-2-1-9-8-20(15(24)11(9)7-10)12-3-4-13(22)18-14(12)23/h1-2,7,12H,3-6,8H2,(H,18,22,23). The van der Waals surface area contributed by atoms with Crippen molar-refractivity contribution >= 4 is 52.3 Å². The Balaban J connectivity index is 1.59. The first-order chi connectivity index (χ1) is 12.0. The number of amides is 5. The summed E-state index contributed by atoms with van der Waals surface area (Å²) < 4.78 is 1.60. The molecule has 130 valence electrons. The minimum atomic E-state index is -0.626. The van der Waals surface area contributed by atoms with Crippen molar-refractivity contribution in [3.8, 4) is 0 Å². The molecule has 1 N–H and O–H groups in total. The summed E-state index contributed by atoms with van der Waals surface area (Å²) in [4.78, 5) is 51.4. The maximum absolute atomic E-state index is 12.8. The lowest BCUT2D eigenvalue weighted by molar-refractivity contribution is -0.136. The number of rotatable bonds is 2. The fourth-order valence-electron chi connectivity index (χ4n) is 3.46. The minimum Gasteiger partial charge on any atom is -0.322 e. The number of benzene rings is 1. The Morgan fingerprint density at radius 2 is 1.92 bits per heavy atom. The van der Waals surface area contributed by atoms with Crippen LogP contribution in [0, 0.1) is 0 Å². The molecule has 0 aromatic heterocycles. The van der Waals surface area contributed by atoms with Crippen molar-refractivity contribution in [2.45, 2.75) is 25.4 Å². The molecule has 4 rings (SSSR count). The molecule has 25 heavy (non-hydrogen) atoms. The van der Waals surface area contributed by atoms with E-state index >= 15 is 0 Å². The van der Waals surface area contributed by atoms with Crippen LogP contribution in [0.2, 0.25) is 0 Å². The number of nitrogens with one attached hydrogen (secondary N) is 1. The second-order valence-corrected chi connectivity index (χ2v) is 7.43. The zero-order chi connectivity index (χ0) is 17.7. The third kappa shape index (κ3) is 2.66. The molecule has 0 saturated carbocycles. The normalized spacial score (nSPS) is 23.4. The smallest absolute Gasteiger partial charge is 0.322 e. The molecular weight excluding hydrogens is 439 g/mol. The zero-order valence-electron chi connectivity index (χ0n) is 13.2. The van der Waals surface area contributed by atoms with Gasteiger partial charge >= 0.3 is 6.03 Å². The van der Waals surface area contributed by atoms with Crippen LogP contribution in [0.3, 0.4) is 0 Å². The number of fused-ring (bicyclic) bond motifs is 1. The largest absolute Gasteiger partial charge is 0.333 e. The third-order valence-corrected chi connectivity index (χ3v) is 5.68. The highest BCUT2D eigenvalue weighted by molar-refractivity contribution is 14.1. The highest BCUT2D eigenvalue weighted by atomic mass is 127. The predicted octanol–water partition coefficient (Wildman–Crippen LogP) is 1.04. The van der Waals surface area contributed by atoms with Crippen molar-refractivity contribution in [3.63, 3.8) is 0 Å². The summed E-state index contributed by atoms with van der Waals surface area (Å²) in [6.07, 6.45) is 0.571. The van der Waals surface area contributed by atoms with Crippen LogP contribution in [-0.4, -0.2) is 50.9 Å². The van der Waals surface area contributed by atoms with E-state index in [0.29, 0.717) is 37.3 Å². The number of piperidine rings is 1. The van der Waals surface area contributed by atoms with Gasteiger partial charge in [-0.1, -0.05) is 6.07 Å². The molecule has 2 fully saturated rings. The Labute approximate surface area is 157 Å². The molecule has 1 aromatic carbocycles. The van der Waals surface area contributed by atoms with Crippen molar-refractivity contribution in [2.24, 2.45) is 0 Å². The third-order valence-electron chi connectivity index (χ3n) is 4.78. The summed E-state index contributed by atoms with van der Waals surface area (Å²) >= 11 is 1.97. The van der Waals surface area contributed by atoms with Crippen molar-refractivity contribution in [1.29, 1.82) is 0 Å². The fraction of sp³-hybridized carbons (Fsp3) is 0.375. The van der Waals surface area contributed by atoms with Gasteiger partial charge in [0.05, 0.1) is 29.4 Å². The predicted molar refractivity (Wildman–Crippen MR) is 96.0 cm³/mol. The van der Waals surface area contributed by atoms with Gasteiger partial charge in [-0.05, 0) is 24.1 Å². The van der Waals surface area contributed by atoms with E-state index in [0.717, 1.165) is 5.56 Å². The Hall–Kier alpha value is -2.17. The van der Waals surface area contributed by atoms with Crippen LogP contribution in [0.5, 0.6) is 0 Å². The van der Waals surface area contributed by atoms with E-state index in [9.17, 15) is 19.2 Å². The van der Waals surface area contributed by atoms with Gasteiger partial charge in [-0.3, -0.25) is 27.7 Å². The van der Waals surface area contributed by atoms with Crippen LogP contribution in [0.25, 0.3) is 0 Å². The highest BCUT2D eigenvalue weighted by Gasteiger charge is 2.39. The molecule has 9 heteroatoms. The van der Waals surface area contributed by atoms with Crippen molar-refractivity contribution in [3.05, 3.63) is 29.3 Å². The van der Waals surface area contributed by atoms with Crippen molar-refractivity contribution in [1.82, 2.24) is 13.3 Å². The molecule has 3 aliphatic rings. The Kier molecular flexibility index (Phi) is 3.89. The molecule has 1 aromatic rings. The van der Waals surface area contributed by atoms with E-state index in [1.165, 1.54) is 4.90 Å². The summed E-state index contributed by atoms with van der Waals surface area (Å²) in [6, 6.07) is 4.65. The maximum Gasteiger partial charge on any atom is 0.333 e. The molecule has 3 aliphatic heterocycles. The molecule has 0 radical (unpaired) electrons. The van der Waals surface area contributed by atoms with Gasteiger partial charge in [0, 0.05) is 30.8 Å². The van der Waals surface area contributed by atoms with Gasteiger partial charge in [-0.15, -0.1) is 0 Å². The Morgan fingerprint density at radius 3 is 2.60 bits per heavy atom. The Bertz CT molecular complexity index is 811. The molecule has 2 saturated heterocycles. The quantitative estimate of drug-likeness (QED) is 0.411. The van der Waals surface area contributed by atoms with Crippen LogP contribution in [0.15, 0.2) is 18.2 Å². The number of urea groups is 1. The first kappa shape index (κ1) is 16.3. The molecular formula is C16H15IN4O4. The number of nitrogens with zero attached hydrogens (tertiary/aromatic N) is 3. The summed E-state index contributed by atoms with van der Waals surface area (Å²) in [5, 5.41) is 2.29. The van der Waals surface area contributed by atoms with E-state index in [1.807, 2.05) is 35.0 Å². The monoisotopic (exact) mass is 454 g/mol. The molecule has 0 aliphatic carbocycles. The van der Waals surface area contributed by atoms with Crippen LogP contribution >= 0.6 is 22.9 Å². The van der Waals surface area contributed by atoms with Crippen LogP contribution in [-0.2, 0) is 16.1 Å². The molecule has 1 atom stereocenters. The minimum absolute atomic E-state index is 0.104. The number of hydrogen-bond donors (Lipinski definition) is 1. The SMILES string of the molecule is O=C1CCC(N2Cc3ccc(N4CCN(I)C4=O)cc3C2=O)C(=O)N1. The first-order valence-electron chi connectivity index (χ1n) is 7.98. The topological polar surface area (TPSA) is 90.0 Å². The van der Waals surface area contributed by atoms with Crippen molar-refractivity contribution in [2.75, 3.05) is 18.0 Å². The zero-order valence-corrected chi connectivity index (χ0v) is 15.4. The average molecular weight is 454 g/mol. The molecule has 1 unspecified atom stereocenters. The number of halogens is 1. The van der Waals surface area contributed by atoms with E-state index in [1.54, 1.807) is 14.1 Å². The average Bonchev–Trinajstić information content (AvgIpc) is 3.08. The number of hydrogen-bond acceptors (Lipinski definition) is 4. The molecule has 0 bridgehead atoms. The van der Waals surface area contributed by atoms with E-state index in [-0.39, 0.29) is 24.3 Å². The van der Waals surface area contributed by atoms with E-state index < -0.39 is 11.9 Å². The van der Waals surface area contributed by atoms with E-state index in [2.05, 4.69) is 5.32 Å². The molecule has 8 nitrogen and oxygen atoms in total. The number of carbonyl (C=O) groups is 4. The summed E-state index contributed by atoms with van der Waals surface area (Å²) in [6.45, 7) is 1.55. The lowest BCUT2D eigenvalue weighted by Crippen LogP contribution is -2.52. The second-order valence-electron chi connectivity index (χ2n) is 6.26. The highest BCUT2D eigenvalue weighted by Crippen LogP contribution is 2.32. The van der Waals surface area contributed by atoms with Crippen LogP contribution in [0.4, 0.5) is 10.5 Å². The maximum atomic E-state index is 12.8. The summed E-state index contributed by atoms with van der Waals surface area (Å²) in [7, 11) is 0. The second kappa shape index (κ2) is 5.97. The number of anilines is 1. The molecule has 5 amide bonds. The Morgan fingerprint density at radius 1 is 1.12 bits per heavy atom. The van der Waals surface area contributed by atoms with Gasteiger partial charge in [0.15, 0.2) is 0 Å². The summed E-state index contributed by atoms with van der Waals surface area (Å²) in [5.41, 5.74) is 2.03. The fourth-order valence-corrected chi connectivity index (χ4v) is 3.94. The number of imide groups is 1. The number of carbonyl (C=O) groups excluding carboxylic acids is 4. The van der Waals surface area contributed by atoms with Gasteiger partial charge in [0.2, 0.25) is 11.8 Å². The van der Waals surface area contributed by atoms with Gasteiger partial charge in [-0.25, -0.2) is 4.79 Å². The van der Waals surface area contributed by atoms with E-state index in [4.69, 9.17) is 0 Å². The lowest BCUT2D eigenvalue weighted by Gasteiger charge is -2.29.